The van der Waals surface area contributed by atoms with E-state index in [4.69, 9.17) is 16.0 Å². The third kappa shape index (κ3) is 2.92. The lowest BCUT2D eigenvalue weighted by molar-refractivity contribution is 0.387. The van der Waals surface area contributed by atoms with E-state index in [0.29, 0.717) is 11.4 Å². The van der Waals surface area contributed by atoms with Crippen LogP contribution in [0.3, 0.4) is 0 Å². The minimum absolute atomic E-state index is 0.105. The molecule has 0 saturated heterocycles. The van der Waals surface area contributed by atoms with Gasteiger partial charge in [-0.05, 0) is 39.3 Å². The molecule has 0 saturated carbocycles. The summed E-state index contributed by atoms with van der Waals surface area (Å²) in [6.45, 7) is 8.53. The minimum atomic E-state index is -0.105. The first-order valence-electron chi connectivity index (χ1n) is 7.26. The molecule has 1 aromatic heterocycles. The van der Waals surface area contributed by atoms with Gasteiger partial charge in [0.15, 0.2) is 0 Å². The topological polar surface area (TPSA) is 67.6 Å². The molecule has 0 atom stereocenters. The normalized spacial score (nSPS) is 11.4. The van der Waals surface area contributed by atoms with Crippen molar-refractivity contribution < 1.29 is 0 Å². The van der Waals surface area contributed by atoms with Crippen LogP contribution in [0.5, 0.6) is 0 Å². The Morgan fingerprint density at radius 2 is 1.86 bits per heavy atom. The van der Waals surface area contributed by atoms with Gasteiger partial charge in [0.2, 0.25) is 0 Å². The smallest absolute Gasteiger partial charge is 0.132 e. The zero-order chi connectivity index (χ0) is 15.6. The third-order valence-electron chi connectivity index (χ3n) is 3.41. The largest absolute Gasteiger partial charge is 0.383 e. The van der Waals surface area contributed by atoms with Crippen LogP contribution in [0.1, 0.15) is 45.5 Å². The zero-order valence-electron chi connectivity index (χ0n) is 13.1. The van der Waals surface area contributed by atoms with E-state index in [9.17, 15) is 0 Å². The van der Waals surface area contributed by atoms with Gasteiger partial charge in [0.1, 0.15) is 17.3 Å². The number of rotatable bonds is 3. The molecule has 0 spiro atoms. The number of aryl methyl sites for hydroxylation is 1. The van der Waals surface area contributed by atoms with Gasteiger partial charge in [0.05, 0.1) is 11.6 Å². The summed E-state index contributed by atoms with van der Waals surface area (Å²) in [6, 6.07) is 9.52. The van der Waals surface area contributed by atoms with Crippen molar-refractivity contribution in [2.75, 3.05) is 5.73 Å². The Hall–Kier alpha value is -2.28. The van der Waals surface area contributed by atoms with Gasteiger partial charge in [-0.2, -0.15) is 5.26 Å². The molecule has 2 rings (SSSR count). The average Bonchev–Trinajstić information content (AvgIpc) is 2.76. The summed E-state index contributed by atoms with van der Waals surface area (Å²) in [5.41, 5.74) is 8.65. The van der Waals surface area contributed by atoms with Crippen LogP contribution >= 0.6 is 0 Å². The highest BCUT2D eigenvalue weighted by Gasteiger charge is 2.24. The maximum absolute atomic E-state index is 8.88. The van der Waals surface area contributed by atoms with Crippen LogP contribution < -0.4 is 5.73 Å². The van der Waals surface area contributed by atoms with Crippen molar-refractivity contribution in [1.82, 2.24) is 9.55 Å². The molecule has 0 unspecified atom stereocenters. The fourth-order valence-corrected chi connectivity index (χ4v) is 2.54. The fraction of sp³-hybridized carbons (Fsp3) is 0.412. The highest BCUT2D eigenvalue weighted by atomic mass is 15.2. The highest BCUT2D eigenvalue weighted by Crippen LogP contribution is 2.32. The molecular weight excluding hydrogens is 260 g/mol. The van der Waals surface area contributed by atoms with E-state index >= 15 is 0 Å². The first-order chi connectivity index (χ1) is 9.88. The van der Waals surface area contributed by atoms with E-state index in [1.165, 1.54) is 0 Å². The Morgan fingerprint density at radius 1 is 1.24 bits per heavy atom. The van der Waals surface area contributed by atoms with Gasteiger partial charge in [-0.15, -0.1) is 0 Å². The lowest BCUT2D eigenvalue weighted by atomic mass is 10.1. The predicted octanol–water partition coefficient (Wildman–Crippen LogP) is 3.71. The predicted molar refractivity (Wildman–Crippen MR) is 85.8 cm³/mol. The SMILES string of the molecule is CCCc1nc(-c2ccc(C#N)cc2)c(N)n1C(C)(C)C. The van der Waals surface area contributed by atoms with Crippen molar-refractivity contribution in [2.24, 2.45) is 0 Å². The molecule has 4 nitrogen and oxygen atoms in total. The summed E-state index contributed by atoms with van der Waals surface area (Å²) in [4.78, 5) is 4.75. The Morgan fingerprint density at radius 3 is 2.33 bits per heavy atom. The van der Waals surface area contributed by atoms with Crippen molar-refractivity contribution in [3.05, 3.63) is 35.7 Å². The van der Waals surface area contributed by atoms with Crippen molar-refractivity contribution in [3.63, 3.8) is 0 Å². The van der Waals surface area contributed by atoms with E-state index in [1.54, 1.807) is 12.1 Å². The van der Waals surface area contributed by atoms with Crippen LogP contribution in [0.2, 0.25) is 0 Å². The maximum atomic E-state index is 8.88. The Labute approximate surface area is 126 Å². The van der Waals surface area contributed by atoms with E-state index in [-0.39, 0.29) is 5.54 Å². The molecule has 0 aliphatic rings. The van der Waals surface area contributed by atoms with Gasteiger partial charge in [0, 0.05) is 17.5 Å². The van der Waals surface area contributed by atoms with Crippen molar-refractivity contribution in [1.29, 1.82) is 5.26 Å². The number of nitriles is 1. The number of benzene rings is 1. The maximum Gasteiger partial charge on any atom is 0.132 e. The van der Waals surface area contributed by atoms with E-state index in [0.717, 1.165) is 29.9 Å². The first-order valence-corrected chi connectivity index (χ1v) is 7.26. The number of hydrogen-bond acceptors (Lipinski definition) is 3. The second-order valence-electron chi connectivity index (χ2n) is 6.21. The van der Waals surface area contributed by atoms with Crippen molar-refractivity contribution in [2.45, 2.75) is 46.1 Å². The molecule has 0 amide bonds. The van der Waals surface area contributed by atoms with Gasteiger partial charge in [-0.1, -0.05) is 19.1 Å². The second-order valence-corrected chi connectivity index (χ2v) is 6.21. The molecule has 1 heterocycles. The van der Waals surface area contributed by atoms with Crippen molar-refractivity contribution in [3.8, 4) is 17.3 Å². The Kier molecular flexibility index (Phi) is 4.04. The molecule has 4 heteroatoms. The molecule has 110 valence electrons. The lowest BCUT2D eigenvalue weighted by Crippen LogP contribution is -2.25. The molecule has 2 N–H and O–H groups in total. The Balaban J connectivity index is 2.56. The quantitative estimate of drug-likeness (QED) is 0.933. The summed E-state index contributed by atoms with van der Waals surface area (Å²) in [5.74, 6) is 1.71. The summed E-state index contributed by atoms with van der Waals surface area (Å²) in [6.07, 6.45) is 1.93. The highest BCUT2D eigenvalue weighted by molar-refractivity contribution is 5.71. The summed E-state index contributed by atoms with van der Waals surface area (Å²) in [5, 5.41) is 8.88. The molecule has 0 radical (unpaired) electrons. The van der Waals surface area contributed by atoms with Gasteiger partial charge in [-0.3, -0.25) is 0 Å². The number of nitrogens with zero attached hydrogens (tertiary/aromatic N) is 3. The van der Waals surface area contributed by atoms with E-state index < -0.39 is 0 Å². The van der Waals surface area contributed by atoms with Gasteiger partial charge in [-0.25, -0.2) is 4.98 Å². The zero-order valence-corrected chi connectivity index (χ0v) is 13.1. The molecule has 21 heavy (non-hydrogen) atoms. The molecule has 0 bridgehead atoms. The van der Waals surface area contributed by atoms with E-state index in [2.05, 4.69) is 38.3 Å². The van der Waals surface area contributed by atoms with Crippen LogP contribution in [-0.2, 0) is 12.0 Å². The first kappa shape index (κ1) is 15.1. The molecule has 2 aromatic rings. The number of nitrogens with two attached hydrogens (primary N) is 1. The number of hydrogen-bond donors (Lipinski definition) is 1. The fourth-order valence-electron chi connectivity index (χ4n) is 2.54. The van der Waals surface area contributed by atoms with Crippen LogP contribution in [0.25, 0.3) is 11.3 Å². The number of imidazole rings is 1. The van der Waals surface area contributed by atoms with Crippen LogP contribution in [0, 0.1) is 11.3 Å². The van der Waals surface area contributed by atoms with Crippen molar-refractivity contribution >= 4 is 5.82 Å². The lowest BCUT2D eigenvalue weighted by Gasteiger charge is -2.25. The summed E-state index contributed by atoms with van der Waals surface area (Å²) >= 11 is 0. The summed E-state index contributed by atoms with van der Waals surface area (Å²) in [7, 11) is 0. The number of anilines is 1. The molecule has 0 fully saturated rings. The minimum Gasteiger partial charge on any atom is -0.383 e. The Bertz CT molecular complexity index is 667. The number of aromatic nitrogens is 2. The third-order valence-corrected chi connectivity index (χ3v) is 3.41. The number of nitrogen functional groups attached to an aromatic ring is 1. The van der Waals surface area contributed by atoms with Crippen LogP contribution in [0.15, 0.2) is 24.3 Å². The van der Waals surface area contributed by atoms with Gasteiger partial charge < -0.3 is 10.3 Å². The molecule has 0 aliphatic carbocycles. The van der Waals surface area contributed by atoms with Gasteiger partial charge >= 0.3 is 0 Å². The molecule has 1 aromatic carbocycles. The average molecular weight is 282 g/mol. The standard InChI is InChI=1S/C17H22N4/c1-5-6-14-20-15(16(19)21(14)17(2,3)4)13-9-7-12(11-18)8-10-13/h7-10H,5-6,19H2,1-4H3. The summed E-state index contributed by atoms with van der Waals surface area (Å²) < 4.78 is 2.12. The van der Waals surface area contributed by atoms with Crippen LogP contribution in [-0.4, -0.2) is 9.55 Å². The monoisotopic (exact) mass is 282 g/mol. The van der Waals surface area contributed by atoms with Crippen LogP contribution in [0.4, 0.5) is 5.82 Å². The second kappa shape index (κ2) is 5.61. The molecule has 0 aliphatic heterocycles. The van der Waals surface area contributed by atoms with Gasteiger partial charge in [0.25, 0.3) is 0 Å². The molecular formula is C17H22N4. The van der Waals surface area contributed by atoms with E-state index in [1.807, 2.05) is 12.1 Å².